The van der Waals surface area contributed by atoms with Crippen LogP contribution in [0.25, 0.3) is 0 Å². The molecule has 0 aliphatic rings. The first-order chi connectivity index (χ1) is 7.86. The Morgan fingerprint density at radius 2 is 1.62 bits per heavy atom. The minimum absolute atomic E-state index is 0.723. The maximum atomic E-state index is 5.78. The van der Waals surface area contributed by atoms with Gasteiger partial charge in [-0.3, -0.25) is 5.43 Å². The van der Waals surface area contributed by atoms with E-state index in [4.69, 9.17) is 5.73 Å². The molecule has 80 valence electrons. The van der Waals surface area contributed by atoms with Crippen LogP contribution in [-0.2, 0) is 0 Å². The predicted molar refractivity (Wildman–Crippen MR) is 68.5 cm³/mol. The summed E-state index contributed by atoms with van der Waals surface area (Å²) in [6.45, 7) is 0. The molecule has 0 bridgehead atoms. The van der Waals surface area contributed by atoms with Crippen LogP contribution in [0.5, 0.6) is 0 Å². The molecule has 0 saturated carbocycles. The monoisotopic (exact) mass is 211 g/mol. The van der Waals surface area contributed by atoms with E-state index in [1.807, 2.05) is 54.6 Å². The van der Waals surface area contributed by atoms with Crippen LogP contribution in [0.3, 0.4) is 0 Å². The van der Waals surface area contributed by atoms with Crippen LogP contribution in [0.2, 0.25) is 0 Å². The number of hydrogen-bond acceptors (Lipinski definition) is 3. The number of nitrogens with one attached hydrogen (secondary N) is 1. The normalized spacial score (nSPS) is 10.5. The number of rotatable bonds is 3. The lowest BCUT2D eigenvalue weighted by molar-refractivity contribution is 1.35. The van der Waals surface area contributed by atoms with E-state index in [0.717, 1.165) is 16.9 Å². The average molecular weight is 211 g/mol. The van der Waals surface area contributed by atoms with Gasteiger partial charge >= 0.3 is 0 Å². The molecule has 0 heterocycles. The number of benzene rings is 2. The SMILES string of the molecule is Nc1ccccc1/C=N/Nc1ccccc1. The van der Waals surface area contributed by atoms with Gasteiger partial charge in [0.15, 0.2) is 0 Å². The highest BCUT2D eigenvalue weighted by molar-refractivity contribution is 5.87. The zero-order valence-electron chi connectivity index (χ0n) is 8.80. The van der Waals surface area contributed by atoms with Crippen molar-refractivity contribution in [2.45, 2.75) is 0 Å². The van der Waals surface area contributed by atoms with Gasteiger partial charge in [-0.25, -0.2) is 0 Å². The van der Waals surface area contributed by atoms with Crippen molar-refractivity contribution in [1.29, 1.82) is 0 Å². The summed E-state index contributed by atoms with van der Waals surface area (Å²) in [6, 6.07) is 17.4. The second-order valence-electron chi connectivity index (χ2n) is 3.36. The van der Waals surface area contributed by atoms with Crippen LogP contribution in [0.1, 0.15) is 5.56 Å². The Balaban J connectivity index is 2.03. The van der Waals surface area contributed by atoms with Crippen molar-refractivity contribution in [1.82, 2.24) is 0 Å². The molecule has 3 N–H and O–H groups in total. The van der Waals surface area contributed by atoms with E-state index in [0.29, 0.717) is 0 Å². The summed E-state index contributed by atoms with van der Waals surface area (Å²) in [5, 5.41) is 4.12. The molecule has 0 spiro atoms. The maximum absolute atomic E-state index is 5.78. The van der Waals surface area contributed by atoms with Gasteiger partial charge in [0, 0.05) is 11.3 Å². The molecule has 0 aliphatic heterocycles. The van der Waals surface area contributed by atoms with E-state index < -0.39 is 0 Å². The molecule has 2 aromatic rings. The fraction of sp³-hybridized carbons (Fsp3) is 0. The molecule has 3 heteroatoms. The largest absolute Gasteiger partial charge is 0.398 e. The van der Waals surface area contributed by atoms with E-state index in [1.165, 1.54) is 0 Å². The van der Waals surface area contributed by atoms with Gasteiger partial charge in [0.25, 0.3) is 0 Å². The number of anilines is 2. The van der Waals surface area contributed by atoms with Crippen molar-refractivity contribution < 1.29 is 0 Å². The molecule has 0 saturated heterocycles. The summed E-state index contributed by atoms with van der Waals surface area (Å²) < 4.78 is 0. The fourth-order valence-corrected chi connectivity index (χ4v) is 1.32. The summed E-state index contributed by atoms with van der Waals surface area (Å²) in [5.74, 6) is 0. The predicted octanol–water partition coefficient (Wildman–Crippen LogP) is 2.71. The Labute approximate surface area is 94.6 Å². The van der Waals surface area contributed by atoms with Crippen LogP contribution in [0.15, 0.2) is 59.7 Å². The van der Waals surface area contributed by atoms with Gasteiger partial charge in [-0.1, -0.05) is 36.4 Å². The summed E-state index contributed by atoms with van der Waals surface area (Å²) >= 11 is 0. The molecule has 0 radical (unpaired) electrons. The molecule has 0 fully saturated rings. The summed E-state index contributed by atoms with van der Waals surface area (Å²) in [7, 11) is 0. The first kappa shape index (κ1) is 10.2. The Kier molecular flexibility index (Phi) is 3.18. The third-order valence-corrected chi connectivity index (χ3v) is 2.17. The summed E-state index contributed by atoms with van der Waals surface area (Å²) in [5.41, 5.74) is 11.3. The van der Waals surface area contributed by atoms with Crippen LogP contribution in [0.4, 0.5) is 11.4 Å². The second-order valence-corrected chi connectivity index (χ2v) is 3.36. The molecule has 2 aromatic carbocycles. The standard InChI is InChI=1S/C13H13N3/c14-13-9-5-4-6-11(13)10-15-16-12-7-2-1-3-8-12/h1-10,16H,14H2/b15-10+. The summed E-state index contributed by atoms with van der Waals surface area (Å²) in [4.78, 5) is 0. The zero-order chi connectivity index (χ0) is 11.2. The Bertz CT molecular complexity index is 478. The molecule has 0 unspecified atom stereocenters. The quantitative estimate of drug-likeness (QED) is 0.466. The number of nitrogens with zero attached hydrogens (tertiary/aromatic N) is 1. The van der Waals surface area contributed by atoms with Crippen LogP contribution >= 0.6 is 0 Å². The van der Waals surface area contributed by atoms with Gasteiger partial charge in [-0.2, -0.15) is 5.10 Å². The molecular formula is C13H13N3. The van der Waals surface area contributed by atoms with Gasteiger partial charge in [-0.15, -0.1) is 0 Å². The lowest BCUT2D eigenvalue weighted by atomic mass is 10.2. The van der Waals surface area contributed by atoms with Crippen molar-refractivity contribution in [2.24, 2.45) is 5.10 Å². The number of nitrogen functional groups attached to an aromatic ring is 1. The van der Waals surface area contributed by atoms with Gasteiger partial charge in [0.05, 0.1) is 11.9 Å². The fourth-order valence-electron chi connectivity index (χ4n) is 1.32. The van der Waals surface area contributed by atoms with Crippen molar-refractivity contribution in [3.63, 3.8) is 0 Å². The number of para-hydroxylation sites is 2. The topological polar surface area (TPSA) is 50.4 Å². The number of hydrazone groups is 1. The van der Waals surface area contributed by atoms with Crippen molar-refractivity contribution >= 4 is 17.6 Å². The molecule has 0 atom stereocenters. The van der Waals surface area contributed by atoms with Gasteiger partial charge in [0.2, 0.25) is 0 Å². The molecule has 16 heavy (non-hydrogen) atoms. The van der Waals surface area contributed by atoms with Gasteiger partial charge in [-0.05, 0) is 18.2 Å². The van der Waals surface area contributed by atoms with Crippen LogP contribution < -0.4 is 11.2 Å². The van der Waals surface area contributed by atoms with Gasteiger partial charge in [0.1, 0.15) is 0 Å². The minimum atomic E-state index is 0.723. The molecule has 0 aromatic heterocycles. The second kappa shape index (κ2) is 4.98. The Morgan fingerprint density at radius 3 is 2.38 bits per heavy atom. The molecular weight excluding hydrogens is 198 g/mol. The van der Waals surface area contributed by atoms with Crippen LogP contribution in [0, 0.1) is 0 Å². The highest BCUT2D eigenvalue weighted by Crippen LogP contribution is 2.08. The lowest BCUT2D eigenvalue weighted by Crippen LogP contribution is -1.94. The Hall–Kier alpha value is -2.29. The highest BCUT2D eigenvalue weighted by atomic mass is 15.3. The minimum Gasteiger partial charge on any atom is -0.398 e. The zero-order valence-corrected chi connectivity index (χ0v) is 8.80. The first-order valence-corrected chi connectivity index (χ1v) is 5.05. The number of nitrogens with two attached hydrogens (primary N) is 1. The average Bonchev–Trinajstić information content (AvgIpc) is 2.33. The van der Waals surface area contributed by atoms with E-state index >= 15 is 0 Å². The third-order valence-electron chi connectivity index (χ3n) is 2.17. The van der Waals surface area contributed by atoms with E-state index in [1.54, 1.807) is 6.21 Å². The smallest absolute Gasteiger partial charge is 0.0565 e. The molecule has 0 amide bonds. The van der Waals surface area contributed by atoms with Crippen molar-refractivity contribution in [3.05, 3.63) is 60.2 Å². The van der Waals surface area contributed by atoms with Crippen LogP contribution in [-0.4, -0.2) is 6.21 Å². The van der Waals surface area contributed by atoms with E-state index in [-0.39, 0.29) is 0 Å². The Morgan fingerprint density at radius 1 is 0.938 bits per heavy atom. The molecule has 0 aliphatic carbocycles. The molecule has 3 nitrogen and oxygen atoms in total. The number of hydrogen-bond donors (Lipinski definition) is 2. The molecule has 2 rings (SSSR count). The van der Waals surface area contributed by atoms with Crippen molar-refractivity contribution in [3.8, 4) is 0 Å². The summed E-state index contributed by atoms with van der Waals surface area (Å²) in [6.07, 6.45) is 1.71. The highest BCUT2D eigenvalue weighted by Gasteiger charge is 1.92. The maximum Gasteiger partial charge on any atom is 0.0565 e. The van der Waals surface area contributed by atoms with Crippen molar-refractivity contribution in [2.75, 3.05) is 11.2 Å². The third kappa shape index (κ3) is 2.60. The van der Waals surface area contributed by atoms with E-state index in [2.05, 4.69) is 10.5 Å². The van der Waals surface area contributed by atoms with Gasteiger partial charge < -0.3 is 5.73 Å². The lowest BCUT2D eigenvalue weighted by Gasteiger charge is -2.00. The van der Waals surface area contributed by atoms with E-state index in [9.17, 15) is 0 Å². The first-order valence-electron chi connectivity index (χ1n) is 5.05.